The molecule has 0 aliphatic carbocycles. The van der Waals surface area contributed by atoms with Crippen molar-refractivity contribution < 1.29 is 14.3 Å². The number of rotatable bonds is 7. The van der Waals surface area contributed by atoms with Crippen molar-refractivity contribution in [2.24, 2.45) is 7.05 Å². The molecule has 1 N–H and O–H groups in total. The summed E-state index contributed by atoms with van der Waals surface area (Å²) in [5.41, 5.74) is 1.42. The number of nitrogens with one attached hydrogen (secondary N) is 1. The summed E-state index contributed by atoms with van der Waals surface area (Å²) >= 11 is 0. The van der Waals surface area contributed by atoms with E-state index in [9.17, 15) is 9.59 Å². The predicted molar refractivity (Wildman–Crippen MR) is 87.7 cm³/mol. The minimum Gasteiger partial charge on any atom is -0.479 e. The van der Waals surface area contributed by atoms with E-state index in [1.54, 1.807) is 32.7 Å². The molecule has 0 fully saturated rings. The second kappa shape index (κ2) is 8.09. The van der Waals surface area contributed by atoms with Gasteiger partial charge in [-0.25, -0.2) is 0 Å². The van der Waals surface area contributed by atoms with E-state index < -0.39 is 0 Å². The third kappa shape index (κ3) is 4.55. The molecule has 2 amide bonds. The van der Waals surface area contributed by atoms with Gasteiger partial charge >= 0.3 is 0 Å². The van der Waals surface area contributed by atoms with Crippen molar-refractivity contribution in [3.63, 3.8) is 0 Å². The molecular formula is C16H21N5O3. The Balaban J connectivity index is 1.83. The average Bonchev–Trinajstić information content (AvgIpc) is 2.96. The monoisotopic (exact) mass is 331 g/mol. The third-order valence-electron chi connectivity index (χ3n) is 3.43. The number of methoxy groups -OCH3 is 1. The van der Waals surface area contributed by atoms with Crippen LogP contribution in [0.3, 0.4) is 0 Å². The van der Waals surface area contributed by atoms with Crippen LogP contribution < -0.4 is 10.1 Å². The Hall–Kier alpha value is -2.90. The minimum atomic E-state index is -0.316. The molecular weight excluding hydrogens is 310 g/mol. The zero-order chi connectivity index (χ0) is 17.5. The maximum atomic E-state index is 12.4. The van der Waals surface area contributed by atoms with Gasteiger partial charge in [-0.1, -0.05) is 0 Å². The molecule has 0 unspecified atom stereocenters. The highest BCUT2D eigenvalue weighted by Gasteiger charge is 2.21. The lowest BCUT2D eigenvalue weighted by Crippen LogP contribution is -2.39. The quantitative estimate of drug-likeness (QED) is 0.786. The lowest BCUT2D eigenvalue weighted by atomic mass is 10.2. The summed E-state index contributed by atoms with van der Waals surface area (Å²) < 4.78 is 6.57. The molecule has 0 bridgehead atoms. The van der Waals surface area contributed by atoms with Gasteiger partial charge < -0.3 is 15.0 Å². The molecule has 2 heterocycles. The van der Waals surface area contributed by atoms with Crippen LogP contribution in [0.15, 0.2) is 30.7 Å². The van der Waals surface area contributed by atoms with Gasteiger partial charge in [0.25, 0.3) is 5.91 Å². The number of ether oxygens (including phenoxy) is 1. The molecule has 0 aromatic carbocycles. The second-order valence-electron chi connectivity index (χ2n) is 5.34. The lowest BCUT2D eigenvalue weighted by molar-refractivity contribution is -0.121. The summed E-state index contributed by atoms with van der Waals surface area (Å²) in [6.07, 6.45) is 5.71. The third-order valence-corrected chi connectivity index (χ3v) is 3.43. The number of hydrogen-bond acceptors (Lipinski definition) is 5. The highest BCUT2D eigenvalue weighted by Crippen LogP contribution is 2.16. The minimum absolute atomic E-state index is 0.0345. The van der Waals surface area contributed by atoms with Crippen LogP contribution >= 0.6 is 0 Å². The molecule has 8 heteroatoms. The number of amides is 2. The van der Waals surface area contributed by atoms with Crippen molar-refractivity contribution in [1.29, 1.82) is 0 Å². The predicted octanol–water partition coefficient (Wildman–Crippen LogP) is 0.255. The number of hydrogen-bond donors (Lipinski definition) is 1. The van der Waals surface area contributed by atoms with Crippen molar-refractivity contribution in [3.8, 4) is 5.88 Å². The van der Waals surface area contributed by atoms with Crippen LogP contribution in [0.4, 0.5) is 0 Å². The number of nitrogens with zero attached hydrogens (tertiary/aromatic N) is 4. The molecule has 0 radical (unpaired) electrons. The number of aromatic nitrogens is 3. The van der Waals surface area contributed by atoms with Gasteiger partial charge in [0, 0.05) is 39.2 Å². The van der Waals surface area contributed by atoms with Gasteiger partial charge in [-0.05, 0) is 24.1 Å². The number of carbonyl (C=O) groups is 2. The van der Waals surface area contributed by atoms with Crippen molar-refractivity contribution in [3.05, 3.63) is 41.9 Å². The van der Waals surface area contributed by atoms with Gasteiger partial charge in [0.15, 0.2) is 0 Å². The molecule has 2 rings (SSSR count). The van der Waals surface area contributed by atoms with Crippen molar-refractivity contribution >= 4 is 11.8 Å². The summed E-state index contributed by atoms with van der Waals surface area (Å²) in [4.78, 5) is 29.6. The van der Waals surface area contributed by atoms with Crippen LogP contribution in [0.1, 0.15) is 15.9 Å². The number of aryl methyl sites for hydroxylation is 1. The molecule has 0 aliphatic rings. The summed E-state index contributed by atoms with van der Waals surface area (Å²) in [5.74, 6) is -0.292. The van der Waals surface area contributed by atoms with Crippen LogP contribution in [0, 0.1) is 0 Å². The maximum Gasteiger partial charge on any atom is 0.261 e. The molecule has 8 nitrogen and oxygen atoms in total. The Morgan fingerprint density at radius 2 is 2.04 bits per heavy atom. The summed E-state index contributed by atoms with van der Waals surface area (Å²) in [7, 11) is 4.72. The average molecular weight is 331 g/mol. The molecule has 0 saturated carbocycles. The fourth-order valence-corrected chi connectivity index (χ4v) is 2.21. The van der Waals surface area contributed by atoms with Gasteiger partial charge in [-0.15, -0.1) is 5.10 Å². The lowest BCUT2D eigenvalue weighted by Gasteiger charge is -2.16. The van der Waals surface area contributed by atoms with Gasteiger partial charge in [0.2, 0.25) is 11.8 Å². The number of pyridine rings is 1. The van der Waals surface area contributed by atoms with Crippen molar-refractivity contribution in [2.75, 3.05) is 27.2 Å². The van der Waals surface area contributed by atoms with E-state index in [-0.39, 0.29) is 24.2 Å². The smallest absolute Gasteiger partial charge is 0.261 e. The Morgan fingerprint density at radius 3 is 2.71 bits per heavy atom. The molecule has 2 aromatic rings. The largest absolute Gasteiger partial charge is 0.479 e. The zero-order valence-corrected chi connectivity index (χ0v) is 14.0. The Labute approximate surface area is 140 Å². The van der Waals surface area contributed by atoms with Crippen LogP contribution in [-0.2, 0) is 18.3 Å². The van der Waals surface area contributed by atoms with Crippen LogP contribution in [-0.4, -0.2) is 58.7 Å². The normalized spacial score (nSPS) is 10.3. The summed E-state index contributed by atoms with van der Waals surface area (Å²) in [6.45, 7) is 0.467. The molecule has 128 valence electrons. The van der Waals surface area contributed by atoms with Crippen LogP contribution in [0.2, 0.25) is 0 Å². The van der Waals surface area contributed by atoms with Gasteiger partial charge in [-0.3, -0.25) is 19.3 Å². The first kappa shape index (κ1) is 17.5. The van der Waals surface area contributed by atoms with E-state index in [0.717, 1.165) is 5.56 Å². The van der Waals surface area contributed by atoms with E-state index in [1.807, 2.05) is 12.1 Å². The molecule has 24 heavy (non-hydrogen) atoms. The fourth-order valence-electron chi connectivity index (χ4n) is 2.21. The first-order chi connectivity index (χ1) is 11.5. The molecule has 0 saturated heterocycles. The second-order valence-corrected chi connectivity index (χ2v) is 5.34. The van der Waals surface area contributed by atoms with E-state index in [1.165, 1.54) is 16.7 Å². The topological polar surface area (TPSA) is 89.4 Å². The first-order valence-electron chi connectivity index (χ1n) is 7.50. The highest BCUT2D eigenvalue weighted by atomic mass is 16.5. The molecule has 2 aromatic heterocycles. The molecule has 0 aliphatic heterocycles. The SMILES string of the molecule is COc1nn(C)cc1C(=O)N(C)CC(=O)NCCc1ccncc1. The summed E-state index contributed by atoms with van der Waals surface area (Å²) in [5, 5.41) is 6.83. The van der Waals surface area contributed by atoms with Gasteiger partial charge in [-0.2, -0.15) is 0 Å². The fraction of sp³-hybridized carbons (Fsp3) is 0.375. The van der Waals surface area contributed by atoms with Crippen LogP contribution in [0.5, 0.6) is 5.88 Å². The Bertz CT molecular complexity index is 699. The van der Waals surface area contributed by atoms with Gasteiger partial charge in [0.05, 0.1) is 13.7 Å². The van der Waals surface area contributed by atoms with E-state index in [0.29, 0.717) is 18.5 Å². The van der Waals surface area contributed by atoms with E-state index in [4.69, 9.17) is 4.74 Å². The Morgan fingerprint density at radius 1 is 1.33 bits per heavy atom. The van der Waals surface area contributed by atoms with Crippen molar-refractivity contribution in [2.45, 2.75) is 6.42 Å². The first-order valence-corrected chi connectivity index (χ1v) is 7.50. The maximum absolute atomic E-state index is 12.4. The van der Waals surface area contributed by atoms with E-state index in [2.05, 4.69) is 15.4 Å². The summed E-state index contributed by atoms with van der Waals surface area (Å²) in [6, 6.07) is 3.80. The standard InChI is InChI=1S/C16H21N5O3/c1-20(16(23)13-10-21(2)19-15(13)24-3)11-14(22)18-9-6-12-4-7-17-8-5-12/h4-5,7-8,10H,6,9,11H2,1-3H3,(H,18,22). The van der Waals surface area contributed by atoms with E-state index >= 15 is 0 Å². The number of carbonyl (C=O) groups excluding carboxylic acids is 2. The van der Waals surface area contributed by atoms with Crippen molar-refractivity contribution in [1.82, 2.24) is 25.0 Å². The zero-order valence-electron chi connectivity index (χ0n) is 14.0. The van der Waals surface area contributed by atoms with Crippen LogP contribution in [0.25, 0.3) is 0 Å². The molecule has 0 atom stereocenters. The Kier molecular flexibility index (Phi) is 5.89. The molecule has 0 spiro atoms. The number of likely N-dealkylation sites (N-methyl/N-ethyl adjacent to an activating group) is 1. The van der Waals surface area contributed by atoms with Gasteiger partial charge in [0.1, 0.15) is 5.56 Å². The highest BCUT2D eigenvalue weighted by molar-refractivity contribution is 5.98.